The van der Waals surface area contributed by atoms with Gasteiger partial charge in [0.15, 0.2) is 0 Å². The van der Waals surface area contributed by atoms with E-state index in [1.54, 1.807) is 0 Å². The van der Waals surface area contributed by atoms with E-state index >= 15 is 0 Å². The molecule has 0 bridgehead atoms. The maximum absolute atomic E-state index is 12.9. The Morgan fingerprint density at radius 2 is 2.05 bits per heavy atom. The van der Waals surface area contributed by atoms with E-state index in [0.717, 1.165) is 13.0 Å². The molecule has 1 saturated heterocycles. The Labute approximate surface area is 133 Å². The summed E-state index contributed by atoms with van der Waals surface area (Å²) in [5.74, 6) is 0.408. The monoisotopic (exact) mass is 310 g/mol. The lowest BCUT2D eigenvalue weighted by atomic mass is 9.53. The van der Waals surface area contributed by atoms with E-state index < -0.39 is 5.54 Å². The van der Waals surface area contributed by atoms with Gasteiger partial charge in [-0.2, -0.15) is 0 Å². The summed E-state index contributed by atoms with van der Waals surface area (Å²) in [6.45, 7) is 11.8. The zero-order valence-electron chi connectivity index (χ0n) is 14.4. The van der Waals surface area contributed by atoms with Crippen LogP contribution in [0.25, 0.3) is 0 Å². The standard InChI is InChI=1S/C17H30N2O3/c1-6-21-11-9-17(18,16(11,4)5)14(20)19-12-10-7-8-22-13(10)15(12,2)3/h10-13H,6-9,18H2,1-5H3,(H,19,20). The van der Waals surface area contributed by atoms with Gasteiger partial charge < -0.3 is 20.5 Å². The van der Waals surface area contributed by atoms with Gasteiger partial charge in [0.1, 0.15) is 5.54 Å². The van der Waals surface area contributed by atoms with E-state index in [1.165, 1.54) is 0 Å². The van der Waals surface area contributed by atoms with Crippen LogP contribution in [0.2, 0.25) is 0 Å². The predicted molar refractivity (Wildman–Crippen MR) is 84.3 cm³/mol. The molecule has 0 spiro atoms. The van der Waals surface area contributed by atoms with E-state index in [1.807, 2.05) is 20.8 Å². The minimum Gasteiger partial charge on any atom is -0.378 e. The largest absolute Gasteiger partial charge is 0.378 e. The summed E-state index contributed by atoms with van der Waals surface area (Å²) in [5.41, 5.74) is 5.28. The summed E-state index contributed by atoms with van der Waals surface area (Å²) < 4.78 is 11.5. The van der Waals surface area contributed by atoms with Crippen LogP contribution in [-0.4, -0.2) is 42.9 Å². The van der Waals surface area contributed by atoms with Gasteiger partial charge in [-0.3, -0.25) is 4.79 Å². The van der Waals surface area contributed by atoms with Crippen molar-refractivity contribution in [3.05, 3.63) is 0 Å². The minimum atomic E-state index is -0.840. The summed E-state index contributed by atoms with van der Waals surface area (Å²) in [7, 11) is 0. The van der Waals surface area contributed by atoms with Crippen molar-refractivity contribution in [1.29, 1.82) is 0 Å². The van der Waals surface area contributed by atoms with Gasteiger partial charge in [-0.15, -0.1) is 0 Å². The lowest BCUT2D eigenvalue weighted by Crippen LogP contribution is -2.78. The van der Waals surface area contributed by atoms with Crippen LogP contribution >= 0.6 is 0 Å². The SMILES string of the molecule is CCOC1CC(N)(C(=O)NC2C3CCOC3C2(C)C)C1(C)C. The summed E-state index contributed by atoms with van der Waals surface area (Å²) in [5, 5.41) is 3.24. The Morgan fingerprint density at radius 3 is 2.64 bits per heavy atom. The van der Waals surface area contributed by atoms with Crippen LogP contribution in [-0.2, 0) is 14.3 Å². The number of hydrogen-bond acceptors (Lipinski definition) is 4. The molecule has 1 heterocycles. The van der Waals surface area contributed by atoms with Gasteiger partial charge in [-0.05, 0) is 13.3 Å². The second-order valence-electron chi connectivity index (χ2n) is 8.36. The Bertz CT molecular complexity index is 477. The van der Waals surface area contributed by atoms with Crippen LogP contribution in [0.1, 0.15) is 47.5 Å². The number of nitrogens with two attached hydrogens (primary N) is 1. The third-order valence-electron chi connectivity index (χ3n) is 6.62. The van der Waals surface area contributed by atoms with E-state index in [9.17, 15) is 4.79 Å². The zero-order chi connectivity index (χ0) is 16.3. The first-order valence-electron chi connectivity index (χ1n) is 8.49. The molecule has 1 amide bonds. The minimum absolute atomic E-state index is 0.0135. The highest BCUT2D eigenvalue weighted by molar-refractivity contribution is 5.89. The smallest absolute Gasteiger partial charge is 0.241 e. The lowest BCUT2D eigenvalue weighted by Gasteiger charge is -2.60. The molecule has 126 valence electrons. The molecule has 1 aliphatic heterocycles. The van der Waals surface area contributed by atoms with Gasteiger partial charge in [0.2, 0.25) is 5.91 Å². The average Bonchev–Trinajstić information content (AvgIpc) is 2.90. The molecule has 3 fully saturated rings. The van der Waals surface area contributed by atoms with E-state index in [2.05, 4.69) is 19.2 Å². The molecule has 2 saturated carbocycles. The molecular weight excluding hydrogens is 280 g/mol. The van der Waals surface area contributed by atoms with Gasteiger partial charge in [-0.1, -0.05) is 27.7 Å². The zero-order valence-corrected chi connectivity index (χ0v) is 14.4. The molecule has 5 nitrogen and oxygen atoms in total. The molecule has 5 unspecified atom stereocenters. The fourth-order valence-electron chi connectivity index (χ4n) is 4.71. The van der Waals surface area contributed by atoms with E-state index in [0.29, 0.717) is 18.9 Å². The molecular formula is C17H30N2O3. The number of amides is 1. The van der Waals surface area contributed by atoms with Crippen LogP contribution in [0, 0.1) is 16.7 Å². The van der Waals surface area contributed by atoms with Crippen molar-refractivity contribution in [3.63, 3.8) is 0 Å². The van der Waals surface area contributed by atoms with Crippen molar-refractivity contribution >= 4 is 5.91 Å². The van der Waals surface area contributed by atoms with Gasteiger partial charge in [0.25, 0.3) is 0 Å². The summed E-state index contributed by atoms with van der Waals surface area (Å²) in [4.78, 5) is 12.9. The molecule has 5 atom stereocenters. The molecule has 3 rings (SSSR count). The van der Waals surface area contributed by atoms with Crippen LogP contribution in [0.5, 0.6) is 0 Å². The number of nitrogens with one attached hydrogen (secondary N) is 1. The highest BCUT2D eigenvalue weighted by Crippen LogP contribution is 2.54. The summed E-state index contributed by atoms with van der Waals surface area (Å²) >= 11 is 0. The third-order valence-corrected chi connectivity index (χ3v) is 6.62. The first kappa shape index (κ1) is 16.2. The normalized spacial score (nSPS) is 44.6. The van der Waals surface area contributed by atoms with Gasteiger partial charge in [0, 0.05) is 42.4 Å². The lowest BCUT2D eigenvalue weighted by molar-refractivity contribution is -0.177. The maximum atomic E-state index is 12.9. The summed E-state index contributed by atoms with van der Waals surface area (Å²) in [6.07, 6.45) is 1.96. The molecule has 5 heteroatoms. The van der Waals surface area contributed by atoms with Crippen molar-refractivity contribution in [2.45, 2.75) is 71.2 Å². The Balaban J connectivity index is 1.68. The topological polar surface area (TPSA) is 73.6 Å². The molecule has 0 radical (unpaired) electrons. The second-order valence-corrected chi connectivity index (χ2v) is 8.36. The first-order valence-corrected chi connectivity index (χ1v) is 8.49. The molecule has 0 aromatic heterocycles. The second kappa shape index (κ2) is 4.92. The fraction of sp³-hybridized carbons (Fsp3) is 0.941. The molecule has 0 aromatic carbocycles. The number of rotatable bonds is 4. The Hall–Kier alpha value is -0.650. The van der Waals surface area contributed by atoms with Crippen LogP contribution < -0.4 is 11.1 Å². The molecule has 3 N–H and O–H groups in total. The highest BCUT2D eigenvalue weighted by atomic mass is 16.5. The van der Waals surface area contributed by atoms with Crippen LogP contribution in [0.3, 0.4) is 0 Å². The van der Waals surface area contributed by atoms with Crippen LogP contribution in [0.15, 0.2) is 0 Å². The van der Waals surface area contributed by atoms with Crippen molar-refractivity contribution in [3.8, 4) is 0 Å². The van der Waals surface area contributed by atoms with E-state index in [4.69, 9.17) is 15.2 Å². The molecule has 3 aliphatic rings. The fourth-order valence-corrected chi connectivity index (χ4v) is 4.71. The Morgan fingerprint density at radius 1 is 1.36 bits per heavy atom. The van der Waals surface area contributed by atoms with Crippen molar-refractivity contribution in [2.24, 2.45) is 22.5 Å². The number of carbonyl (C=O) groups excluding carboxylic acids is 1. The first-order chi connectivity index (χ1) is 10.2. The average molecular weight is 310 g/mol. The van der Waals surface area contributed by atoms with Crippen molar-refractivity contribution in [2.75, 3.05) is 13.2 Å². The van der Waals surface area contributed by atoms with E-state index in [-0.39, 0.29) is 35.0 Å². The number of hydrogen-bond donors (Lipinski definition) is 2. The third kappa shape index (κ3) is 1.91. The molecule has 22 heavy (non-hydrogen) atoms. The number of ether oxygens (including phenoxy) is 2. The highest BCUT2D eigenvalue weighted by Gasteiger charge is 2.65. The van der Waals surface area contributed by atoms with Gasteiger partial charge >= 0.3 is 0 Å². The quantitative estimate of drug-likeness (QED) is 0.824. The number of fused-ring (bicyclic) bond motifs is 1. The Kier molecular flexibility index (Phi) is 3.63. The van der Waals surface area contributed by atoms with Crippen LogP contribution in [0.4, 0.5) is 0 Å². The van der Waals surface area contributed by atoms with Crippen molar-refractivity contribution < 1.29 is 14.3 Å². The molecule has 0 aromatic rings. The van der Waals surface area contributed by atoms with Crippen molar-refractivity contribution in [1.82, 2.24) is 5.32 Å². The predicted octanol–water partition coefficient (Wildman–Crippen LogP) is 1.45. The van der Waals surface area contributed by atoms with Gasteiger partial charge in [-0.25, -0.2) is 0 Å². The number of carbonyl (C=O) groups is 1. The van der Waals surface area contributed by atoms with Gasteiger partial charge in [0.05, 0.1) is 12.2 Å². The molecule has 2 aliphatic carbocycles. The maximum Gasteiger partial charge on any atom is 0.241 e. The summed E-state index contributed by atoms with van der Waals surface area (Å²) in [6, 6.07) is 0.162.